The van der Waals surface area contributed by atoms with Gasteiger partial charge in [-0.1, -0.05) is 72.8 Å². The van der Waals surface area contributed by atoms with Crippen molar-refractivity contribution in [2.75, 3.05) is 32.6 Å². The second-order valence-electron chi connectivity index (χ2n) is 14.5. The molecule has 0 radical (unpaired) electrons. The van der Waals surface area contributed by atoms with Crippen LogP contribution in [0.3, 0.4) is 0 Å². The standard InChI is InChI=1S/C34H31F3N2O3.C12H15NO7S/c1-42-33(41)31(26-7-3-2-4-8-26)39-21-19-24(20-22-39)23-13-17-28(18-14-23)38-32(40)30-10-6-5-9-29(30)25-11-15-27(16-12-25)34(35,36)37;1-20-8-2-4-9(5-3-8)21(18,19)13-10(12(16)17)6-7-11(14)15/h2-18,24,31H,19-22H2,1H3,(H,38,40);2-5,10,13H,6-7H2,1H3,(H,14,15)(H,16,17)/t;10-/m.0/s1. The number of anilines is 1. The highest BCUT2D eigenvalue weighted by Crippen LogP contribution is 2.35. The van der Waals surface area contributed by atoms with Crippen molar-refractivity contribution in [1.82, 2.24) is 9.62 Å². The number of benzene rings is 5. The molecule has 1 aliphatic heterocycles. The zero-order chi connectivity index (χ0) is 45.7. The van der Waals surface area contributed by atoms with Gasteiger partial charge in [-0.2, -0.15) is 17.9 Å². The Morgan fingerprint density at radius 3 is 1.95 bits per heavy atom. The molecule has 6 rings (SSSR count). The van der Waals surface area contributed by atoms with E-state index in [1.54, 1.807) is 24.3 Å². The number of alkyl halides is 3. The molecule has 1 unspecified atom stereocenters. The molecule has 5 aromatic rings. The first kappa shape index (κ1) is 47.5. The third kappa shape index (κ3) is 13.0. The lowest BCUT2D eigenvalue weighted by atomic mass is 9.88. The minimum atomic E-state index is -4.42. The monoisotopic (exact) mass is 889 g/mol. The third-order valence-electron chi connectivity index (χ3n) is 10.4. The molecule has 1 heterocycles. The van der Waals surface area contributed by atoms with Crippen LogP contribution in [0.5, 0.6) is 5.75 Å². The summed E-state index contributed by atoms with van der Waals surface area (Å²) < 4.78 is 75.0. The maximum absolute atomic E-state index is 13.2. The normalized spacial score (nSPS) is 14.3. The second-order valence-corrected chi connectivity index (χ2v) is 16.2. The van der Waals surface area contributed by atoms with E-state index in [1.165, 1.54) is 50.6 Å². The van der Waals surface area contributed by atoms with E-state index >= 15 is 0 Å². The average molecular weight is 890 g/mol. The van der Waals surface area contributed by atoms with E-state index in [2.05, 4.69) is 10.2 Å². The van der Waals surface area contributed by atoms with Crippen LogP contribution in [0.4, 0.5) is 18.9 Å². The molecule has 0 aromatic heterocycles. The van der Waals surface area contributed by atoms with Crippen molar-refractivity contribution in [3.8, 4) is 16.9 Å². The molecule has 63 heavy (non-hydrogen) atoms. The van der Waals surface area contributed by atoms with Gasteiger partial charge in [-0.3, -0.25) is 19.3 Å². The zero-order valence-corrected chi connectivity index (χ0v) is 35.1. The average Bonchev–Trinajstić information content (AvgIpc) is 3.28. The number of ether oxygens (including phenoxy) is 2. The molecule has 332 valence electrons. The number of carboxylic acid groups (broad SMARTS) is 2. The molecule has 0 spiro atoms. The van der Waals surface area contributed by atoms with Crippen LogP contribution in [-0.2, 0) is 35.3 Å². The summed E-state index contributed by atoms with van der Waals surface area (Å²) in [5, 5.41) is 20.4. The summed E-state index contributed by atoms with van der Waals surface area (Å²) in [6.07, 6.45) is -3.46. The van der Waals surface area contributed by atoms with Crippen molar-refractivity contribution >= 4 is 39.5 Å². The Morgan fingerprint density at radius 2 is 1.40 bits per heavy atom. The number of halogens is 3. The minimum absolute atomic E-state index is 0.134. The number of likely N-dealkylation sites (tertiary alicyclic amines) is 1. The molecule has 1 aliphatic rings. The number of hydrogen-bond acceptors (Lipinski definition) is 9. The predicted octanol–water partition coefficient (Wildman–Crippen LogP) is 8.01. The van der Waals surface area contributed by atoms with Crippen molar-refractivity contribution in [2.45, 2.75) is 54.8 Å². The van der Waals surface area contributed by atoms with E-state index in [-0.39, 0.29) is 23.2 Å². The van der Waals surface area contributed by atoms with Crippen molar-refractivity contribution in [1.29, 1.82) is 0 Å². The molecule has 1 fully saturated rings. The molecular weight excluding hydrogens is 844 g/mol. The fourth-order valence-electron chi connectivity index (χ4n) is 7.05. The topological polar surface area (TPSA) is 189 Å². The summed E-state index contributed by atoms with van der Waals surface area (Å²) in [4.78, 5) is 49.2. The van der Waals surface area contributed by atoms with Gasteiger partial charge in [0.15, 0.2) is 0 Å². The van der Waals surface area contributed by atoms with Gasteiger partial charge in [0.2, 0.25) is 10.0 Å². The summed E-state index contributed by atoms with van der Waals surface area (Å²) in [6.45, 7) is 1.50. The van der Waals surface area contributed by atoms with Crippen molar-refractivity contribution < 1.29 is 60.5 Å². The minimum Gasteiger partial charge on any atom is -0.497 e. The Kier molecular flexibility index (Phi) is 16.2. The predicted molar refractivity (Wildman–Crippen MR) is 228 cm³/mol. The van der Waals surface area contributed by atoms with E-state index in [4.69, 9.17) is 19.7 Å². The van der Waals surface area contributed by atoms with E-state index in [9.17, 15) is 40.8 Å². The molecule has 0 aliphatic carbocycles. The van der Waals surface area contributed by atoms with Crippen LogP contribution in [0.25, 0.3) is 11.1 Å². The van der Waals surface area contributed by atoms with E-state index in [0.29, 0.717) is 34.0 Å². The van der Waals surface area contributed by atoms with Crippen LogP contribution >= 0.6 is 0 Å². The number of carboxylic acids is 2. The van der Waals surface area contributed by atoms with Gasteiger partial charge in [0, 0.05) is 17.7 Å². The van der Waals surface area contributed by atoms with Crippen LogP contribution in [0, 0.1) is 0 Å². The smallest absolute Gasteiger partial charge is 0.416 e. The number of carbonyl (C=O) groups is 4. The second kappa shape index (κ2) is 21.5. The highest BCUT2D eigenvalue weighted by molar-refractivity contribution is 7.89. The molecule has 2 atom stereocenters. The maximum Gasteiger partial charge on any atom is 0.416 e. The number of nitrogens with one attached hydrogen (secondary N) is 2. The number of hydrogen-bond donors (Lipinski definition) is 4. The Labute approximate surface area is 362 Å². The molecule has 1 saturated heterocycles. The Balaban J connectivity index is 0.000000300. The third-order valence-corrected chi connectivity index (χ3v) is 11.9. The Morgan fingerprint density at radius 1 is 0.794 bits per heavy atom. The first-order valence-electron chi connectivity index (χ1n) is 19.7. The van der Waals surface area contributed by atoms with Crippen LogP contribution in [0.2, 0.25) is 0 Å². The van der Waals surface area contributed by atoms with Gasteiger partial charge in [0.25, 0.3) is 5.91 Å². The number of carbonyl (C=O) groups excluding carboxylic acids is 2. The quantitative estimate of drug-likeness (QED) is 0.0746. The van der Waals surface area contributed by atoms with Gasteiger partial charge in [-0.25, -0.2) is 13.2 Å². The number of amides is 1. The molecular formula is C46H46F3N3O10S. The highest BCUT2D eigenvalue weighted by Gasteiger charge is 2.33. The number of piperidine rings is 1. The summed E-state index contributed by atoms with van der Waals surface area (Å²) in [7, 11) is -1.22. The van der Waals surface area contributed by atoms with Crippen LogP contribution in [0.15, 0.2) is 132 Å². The number of sulfonamides is 1. The van der Waals surface area contributed by atoms with Gasteiger partial charge in [-0.05, 0) is 115 Å². The Bertz CT molecular complexity index is 2440. The van der Waals surface area contributed by atoms with E-state index in [0.717, 1.165) is 49.2 Å². The van der Waals surface area contributed by atoms with Crippen molar-refractivity contribution in [3.05, 3.63) is 150 Å². The van der Waals surface area contributed by atoms with Gasteiger partial charge >= 0.3 is 24.1 Å². The summed E-state index contributed by atoms with van der Waals surface area (Å²) in [5.74, 6) is -2.48. The first-order valence-corrected chi connectivity index (χ1v) is 21.1. The highest BCUT2D eigenvalue weighted by atomic mass is 32.2. The van der Waals surface area contributed by atoms with E-state index < -0.39 is 52.2 Å². The van der Waals surface area contributed by atoms with Gasteiger partial charge < -0.3 is 25.0 Å². The summed E-state index contributed by atoms with van der Waals surface area (Å²) in [5.41, 5.74) is 3.41. The van der Waals surface area contributed by atoms with Gasteiger partial charge in [0.1, 0.15) is 17.8 Å². The number of esters is 1. The summed E-state index contributed by atoms with van der Waals surface area (Å²) in [6, 6.07) is 32.5. The van der Waals surface area contributed by atoms with Crippen molar-refractivity contribution in [3.63, 3.8) is 0 Å². The van der Waals surface area contributed by atoms with Crippen LogP contribution in [0.1, 0.15) is 64.7 Å². The van der Waals surface area contributed by atoms with Gasteiger partial charge in [-0.15, -0.1) is 0 Å². The Hall–Kier alpha value is -6.56. The number of aliphatic carboxylic acids is 2. The fraction of sp³-hybridized carbons (Fsp3) is 0.261. The fourth-order valence-corrected chi connectivity index (χ4v) is 8.28. The molecule has 0 bridgehead atoms. The maximum atomic E-state index is 13.2. The number of methoxy groups -OCH3 is 2. The first-order chi connectivity index (χ1) is 30.0. The summed E-state index contributed by atoms with van der Waals surface area (Å²) >= 11 is 0. The lowest BCUT2D eigenvalue weighted by Gasteiger charge is -2.36. The van der Waals surface area contributed by atoms with Crippen LogP contribution in [-0.4, -0.2) is 80.7 Å². The lowest BCUT2D eigenvalue weighted by molar-refractivity contribution is -0.148. The number of nitrogens with zero attached hydrogens (tertiary/aromatic N) is 1. The lowest BCUT2D eigenvalue weighted by Crippen LogP contribution is -2.41. The van der Waals surface area contributed by atoms with E-state index in [1.807, 2.05) is 59.3 Å². The molecule has 4 N–H and O–H groups in total. The SMILES string of the molecule is COC(=O)C(c1ccccc1)N1CCC(c2ccc(NC(=O)c3ccccc3-c3ccc(C(F)(F)F)cc3)cc2)CC1.COc1ccc(S(=O)(=O)N[C@@H](CCC(=O)O)C(=O)O)cc1. The molecule has 0 saturated carbocycles. The molecule has 5 aromatic carbocycles. The van der Waals surface area contributed by atoms with Crippen LogP contribution < -0.4 is 14.8 Å². The molecule has 1 amide bonds. The largest absolute Gasteiger partial charge is 0.497 e. The number of rotatable bonds is 15. The zero-order valence-electron chi connectivity index (χ0n) is 34.2. The molecule has 13 nitrogen and oxygen atoms in total. The van der Waals surface area contributed by atoms with Crippen molar-refractivity contribution in [2.24, 2.45) is 0 Å². The molecule has 17 heteroatoms. The van der Waals surface area contributed by atoms with Gasteiger partial charge in [0.05, 0.1) is 24.7 Å².